The molecule has 3 aromatic rings. The quantitative estimate of drug-likeness (QED) is 0.765. The summed E-state index contributed by atoms with van der Waals surface area (Å²) in [5, 5.41) is 14.6. The van der Waals surface area contributed by atoms with Crippen molar-refractivity contribution in [3.05, 3.63) is 47.7 Å². The average Bonchev–Trinajstić information content (AvgIpc) is 3.06. The van der Waals surface area contributed by atoms with Crippen LogP contribution < -0.4 is 9.47 Å². The van der Waals surface area contributed by atoms with Gasteiger partial charge in [-0.2, -0.15) is 0 Å². The maximum absolute atomic E-state index is 10.1. The molecule has 0 fully saturated rings. The summed E-state index contributed by atoms with van der Waals surface area (Å²) in [6, 6.07) is 10.4. The van der Waals surface area contributed by atoms with Crippen LogP contribution in [0.3, 0.4) is 0 Å². The summed E-state index contributed by atoms with van der Waals surface area (Å²) in [5.41, 5.74) is 2.61. The minimum absolute atomic E-state index is 0.0853. The van der Waals surface area contributed by atoms with Crippen molar-refractivity contribution in [1.82, 2.24) is 5.16 Å². The molecule has 1 N–H and O–H groups in total. The largest absolute Gasteiger partial charge is 0.507 e. The first-order valence-corrected chi connectivity index (χ1v) is 7.43. The molecule has 0 aliphatic carbocycles. The number of phenolic OH excluding ortho intramolecular Hbond substituents is 1. The summed E-state index contributed by atoms with van der Waals surface area (Å²) in [6.07, 6.45) is 1.53. The zero-order valence-electron chi connectivity index (χ0n) is 12.0. The molecular formula is C17H12ClNO4. The lowest BCUT2D eigenvalue weighted by Gasteiger charge is -2.18. The third-order valence-electron chi connectivity index (χ3n) is 3.64. The van der Waals surface area contributed by atoms with Crippen molar-refractivity contribution in [2.75, 3.05) is 13.2 Å². The van der Waals surface area contributed by atoms with Crippen molar-refractivity contribution in [3.63, 3.8) is 0 Å². The minimum Gasteiger partial charge on any atom is -0.507 e. The number of aromatic hydroxyl groups is 1. The molecular weight excluding hydrogens is 318 g/mol. The van der Waals surface area contributed by atoms with Gasteiger partial charge in [-0.05, 0) is 35.9 Å². The smallest absolute Gasteiger partial charge is 0.161 e. The molecule has 0 radical (unpaired) electrons. The molecule has 23 heavy (non-hydrogen) atoms. The standard InChI is InChI=1S/C17H12ClNO4/c18-11-2-3-14(20)12(8-11)17-13(9-23-19-17)10-1-4-15-16(7-10)22-6-5-21-15/h1-4,7-9,20H,5-6H2. The highest BCUT2D eigenvalue weighted by molar-refractivity contribution is 6.31. The Labute approximate surface area is 137 Å². The molecule has 0 amide bonds. The normalized spacial score (nSPS) is 13.1. The van der Waals surface area contributed by atoms with E-state index in [9.17, 15) is 5.11 Å². The zero-order valence-corrected chi connectivity index (χ0v) is 12.7. The number of halogens is 1. The van der Waals surface area contributed by atoms with Crippen LogP contribution in [0.2, 0.25) is 5.02 Å². The lowest BCUT2D eigenvalue weighted by Crippen LogP contribution is -2.15. The molecule has 0 atom stereocenters. The van der Waals surface area contributed by atoms with Gasteiger partial charge in [0.25, 0.3) is 0 Å². The summed E-state index contributed by atoms with van der Waals surface area (Å²) in [4.78, 5) is 0. The second-order valence-electron chi connectivity index (χ2n) is 5.10. The molecule has 2 heterocycles. The van der Waals surface area contributed by atoms with E-state index in [0.717, 1.165) is 11.1 Å². The SMILES string of the molecule is Oc1ccc(Cl)cc1-c1nocc1-c1ccc2c(c1)OCCO2. The molecule has 2 aromatic carbocycles. The first-order chi connectivity index (χ1) is 11.2. The van der Waals surface area contributed by atoms with Gasteiger partial charge in [-0.3, -0.25) is 0 Å². The van der Waals surface area contributed by atoms with E-state index in [0.29, 0.717) is 41.0 Å². The third-order valence-corrected chi connectivity index (χ3v) is 3.87. The number of ether oxygens (including phenoxy) is 2. The second-order valence-corrected chi connectivity index (χ2v) is 5.53. The molecule has 0 spiro atoms. The fraction of sp³-hybridized carbons (Fsp3) is 0.118. The molecule has 116 valence electrons. The van der Waals surface area contributed by atoms with Gasteiger partial charge in [-0.1, -0.05) is 22.8 Å². The minimum atomic E-state index is 0.0853. The van der Waals surface area contributed by atoms with Crippen molar-refractivity contribution in [1.29, 1.82) is 0 Å². The molecule has 0 saturated carbocycles. The Morgan fingerprint density at radius 2 is 1.78 bits per heavy atom. The number of nitrogens with zero attached hydrogens (tertiary/aromatic N) is 1. The van der Waals surface area contributed by atoms with E-state index >= 15 is 0 Å². The van der Waals surface area contributed by atoms with E-state index in [4.69, 9.17) is 25.6 Å². The summed E-state index contributed by atoms with van der Waals surface area (Å²) >= 11 is 6.02. The number of aromatic nitrogens is 1. The Bertz CT molecular complexity index is 875. The van der Waals surface area contributed by atoms with Crippen molar-refractivity contribution in [2.45, 2.75) is 0 Å². The zero-order chi connectivity index (χ0) is 15.8. The van der Waals surface area contributed by atoms with Crippen molar-refractivity contribution in [2.24, 2.45) is 0 Å². The highest BCUT2D eigenvalue weighted by atomic mass is 35.5. The molecule has 0 saturated heterocycles. The van der Waals surface area contributed by atoms with Crippen LogP contribution in [0, 0.1) is 0 Å². The van der Waals surface area contributed by atoms with E-state index in [1.54, 1.807) is 12.1 Å². The summed E-state index contributed by atoms with van der Waals surface area (Å²) in [5.74, 6) is 1.47. The van der Waals surface area contributed by atoms with Crippen molar-refractivity contribution >= 4 is 11.6 Å². The molecule has 6 heteroatoms. The third kappa shape index (κ3) is 2.49. The number of fused-ring (bicyclic) bond motifs is 1. The van der Waals surface area contributed by atoms with E-state index in [1.165, 1.54) is 12.3 Å². The highest BCUT2D eigenvalue weighted by Gasteiger charge is 2.19. The topological polar surface area (TPSA) is 64.7 Å². The fourth-order valence-corrected chi connectivity index (χ4v) is 2.72. The van der Waals surface area contributed by atoms with E-state index in [2.05, 4.69) is 5.16 Å². The summed E-state index contributed by atoms with van der Waals surface area (Å²) < 4.78 is 16.2. The van der Waals surface area contributed by atoms with Gasteiger partial charge in [0.1, 0.15) is 30.9 Å². The number of hydrogen-bond donors (Lipinski definition) is 1. The number of phenols is 1. The predicted octanol–water partition coefficient (Wildman–Crippen LogP) is 4.14. The number of rotatable bonds is 2. The lowest BCUT2D eigenvalue weighted by molar-refractivity contribution is 0.171. The predicted molar refractivity (Wildman–Crippen MR) is 85.0 cm³/mol. The molecule has 4 rings (SSSR count). The molecule has 0 unspecified atom stereocenters. The molecule has 0 bridgehead atoms. The molecule has 1 aliphatic rings. The van der Waals surface area contributed by atoms with Crippen LogP contribution in [0.25, 0.3) is 22.4 Å². The van der Waals surface area contributed by atoms with Gasteiger partial charge in [0, 0.05) is 16.1 Å². The van der Waals surface area contributed by atoms with Crippen LogP contribution in [-0.2, 0) is 0 Å². The maximum atomic E-state index is 10.1. The second kappa shape index (κ2) is 5.52. The van der Waals surface area contributed by atoms with Gasteiger partial charge in [-0.15, -0.1) is 0 Å². The summed E-state index contributed by atoms with van der Waals surface area (Å²) in [7, 11) is 0. The lowest BCUT2D eigenvalue weighted by atomic mass is 10.0. The summed E-state index contributed by atoms with van der Waals surface area (Å²) in [6.45, 7) is 1.06. The molecule has 5 nitrogen and oxygen atoms in total. The Kier molecular flexibility index (Phi) is 3.35. The van der Waals surface area contributed by atoms with Gasteiger partial charge in [-0.25, -0.2) is 0 Å². The average molecular weight is 330 g/mol. The Morgan fingerprint density at radius 1 is 0.957 bits per heavy atom. The van der Waals surface area contributed by atoms with Crippen LogP contribution in [0.1, 0.15) is 0 Å². The first-order valence-electron chi connectivity index (χ1n) is 7.05. The van der Waals surface area contributed by atoms with Crippen LogP contribution in [0.5, 0.6) is 17.2 Å². The van der Waals surface area contributed by atoms with Gasteiger partial charge < -0.3 is 19.1 Å². The first kappa shape index (κ1) is 14.0. The molecule has 1 aliphatic heterocycles. The van der Waals surface area contributed by atoms with Crippen molar-refractivity contribution in [3.8, 4) is 39.6 Å². The van der Waals surface area contributed by atoms with E-state index in [1.807, 2.05) is 18.2 Å². The monoisotopic (exact) mass is 329 g/mol. The van der Waals surface area contributed by atoms with Gasteiger partial charge in [0.05, 0.1) is 0 Å². The maximum Gasteiger partial charge on any atom is 0.161 e. The van der Waals surface area contributed by atoms with Crippen LogP contribution in [0.15, 0.2) is 47.2 Å². The Balaban J connectivity index is 1.82. The van der Waals surface area contributed by atoms with Crippen LogP contribution in [0.4, 0.5) is 0 Å². The van der Waals surface area contributed by atoms with Crippen molar-refractivity contribution < 1.29 is 19.1 Å². The molecule has 1 aromatic heterocycles. The number of hydrogen-bond acceptors (Lipinski definition) is 5. The van der Waals surface area contributed by atoms with Gasteiger partial charge >= 0.3 is 0 Å². The van der Waals surface area contributed by atoms with E-state index in [-0.39, 0.29) is 5.75 Å². The highest BCUT2D eigenvalue weighted by Crippen LogP contribution is 2.40. The van der Waals surface area contributed by atoms with Gasteiger partial charge in [0.2, 0.25) is 0 Å². The van der Waals surface area contributed by atoms with Gasteiger partial charge in [0.15, 0.2) is 11.5 Å². The fourth-order valence-electron chi connectivity index (χ4n) is 2.54. The Morgan fingerprint density at radius 3 is 2.65 bits per heavy atom. The Hall–Kier alpha value is -2.66. The number of benzene rings is 2. The van der Waals surface area contributed by atoms with Crippen LogP contribution in [-0.4, -0.2) is 23.5 Å². The van der Waals surface area contributed by atoms with E-state index < -0.39 is 0 Å². The van der Waals surface area contributed by atoms with Crippen LogP contribution >= 0.6 is 11.6 Å².